The van der Waals surface area contributed by atoms with Crippen LogP contribution >= 0.6 is 23.4 Å². The van der Waals surface area contributed by atoms with Crippen LogP contribution in [-0.4, -0.2) is 26.3 Å². The molecule has 1 aliphatic rings. The molecule has 15 heavy (non-hydrogen) atoms. The number of hydrogen-bond donors (Lipinski definition) is 0. The molecule has 1 aromatic rings. The summed E-state index contributed by atoms with van der Waals surface area (Å²) in [6.45, 7) is 4.27. The summed E-state index contributed by atoms with van der Waals surface area (Å²) < 4.78 is 2.13. The number of rotatable bonds is 2. The van der Waals surface area contributed by atoms with Gasteiger partial charge in [-0.25, -0.2) is 0 Å². The van der Waals surface area contributed by atoms with Gasteiger partial charge in [-0.1, -0.05) is 13.8 Å². The van der Waals surface area contributed by atoms with E-state index >= 15 is 0 Å². The third-order valence-electron chi connectivity index (χ3n) is 2.75. The lowest BCUT2D eigenvalue weighted by molar-refractivity contribution is 0.446. The van der Waals surface area contributed by atoms with Crippen molar-refractivity contribution in [3.8, 4) is 0 Å². The first-order chi connectivity index (χ1) is 7.20. The van der Waals surface area contributed by atoms with E-state index in [0.717, 1.165) is 5.82 Å². The van der Waals surface area contributed by atoms with Crippen molar-refractivity contribution in [3.05, 3.63) is 11.1 Å². The molecule has 84 valence electrons. The number of halogens is 1. The Bertz CT molecular complexity index is 331. The van der Waals surface area contributed by atoms with Crippen LogP contribution in [-0.2, 0) is 0 Å². The first kappa shape index (κ1) is 11.3. The van der Waals surface area contributed by atoms with Gasteiger partial charge in [-0.3, -0.25) is 4.57 Å². The zero-order valence-electron chi connectivity index (χ0n) is 9.11. The van der Waals surface area contributed by atoms with Crippen molar-refractivity contribution < 1.29 is 0 Å². The van der Waals surface area contributed by atoms with Crippen molar-refractivity contribution in [2.45, 2.75) is 38.6 Å². The first-order valence-corrected chi connectivity index (χ1v) is 6.91. The molecule has 0 atom stereocenters. The summed E-state index contributed by atoms with van der Waals surface area (Å²) >= 11 is 8.12. The van der Waals surface area contributed by atoms with E-state index in [1.54, 1.807) is 0 Å². The van der Waals surface area contributed by atoms with Crippen LogP contribution < -0.4 is 0 Å². The SMILES string of the molecule is CC(C)c1nnc(Cl)n1C1CCSCC1. The summed E-state index contributed by atoms with van der Waals surface area (Å²) in [6, 6.07) is 0.506. The van der Waals surface area contributed by atoms with E-state index in [-0.39, 0.29) is 0 Å². The zero-order chi connectivity index (χ0) is 10.8. The Kier molecular flexibility index (Phi) is 3.57. The lowest BCUT2D eigenvalue weighted by Gasteiger charge is -2.25. The molecule has 0 unspecified atom stereocenters. The summed E-state index contributed by atoms with van der Waals surface area (Å²) in [7, 11) is 0. The molecule has 0 radical (unpaired) electrons. The third kappa shape index (κ3) is 2.31. The quantitative estimate of drug-likeness (QED) is 0.802. The Morgan fingerprint density at radius 1 is 1.33 bits per heavy atom. The maximum absolute atomic E-state index is 6.10. The third-order valence-corrected chi connectivity index (χ3v) is 4.06. The molecule has 0 spiro atoms. The molecule has 0 aliphatic carbocycles. The largest absolute Gasteiger partial charge is 0.298 e. The van der Waals surface area contributed by atoms with E-state index in [1.165, 1.54) is 24.3 Å². The van der Waals surface area contributed by atoms with Crippen molar-refractivity contribution in [2.24, 2.45) is 0 Å². The smallest absolute Gasteiger partial charge is 0.225 e. The van der Waals surface area contributed by atoms with Crippen LogP contribution in [0.4, 0.5) is 0 Å². The highest BCUT2D eigenvalue weighted by molar-refractivity contribution is 7.99. The monoisotopic (exact) mass is 245 g/mol. The van der Waals surface area contributed by atoms with Crippen molar-refractivity contribution in [2.75, 3.05) is 11.5 Å². The molecule has 2 heterocycles. The van der Waals surface area contributed by atoms with Crippen molar-refractivity contribution in [3.63, 3.8) is 0 Å². The highest BCUT2D eigenvalue weighted by atomic mass is 35.5. The molecular formula is C10H16ClN3S. The maximum atomic E-state index is 6.10. The molecule has 1 fully saturated rings. The van der Waals surface area contributed by atoms with E-state index in [0.29, 0.717) is 17.2 Å². The summed E-state index contributed by atoms with van der Waals surface area (Å²) in [5.41, 5.74) is 0. The van der Waals surface area contributed by atoms with Crippen LogP contribution in [0.1, 0.15) is 44.5 Å². The van der Waals surface area contributed by atoms with Crippen LogP contribution in [0.5, 0.6) is 0 Å². The van der Waals surface area contributed by atoms with Gasteiger partial charge in [-0.2, -0.15) is 11.8 Å². The van der Waals surface area contributed by atoms with Gasteiger partial charge in [0.1, 0.15) is 5.82 Å². The first-order valence-electron chi connectivity index (χ1n) is 5.38. The molecule has 0 bridgehead atoms. The fraction of sp³-hybridized carbons (Fsp3) is 0.800. The molecule has 3 nitrogen and oxygen atoms in total. The minimum atomic E-state index is 0.388. The lowest BCUT2D eigenvalue weighted by atomic mass is 10.1. The highest BCUT2D eigenvalue weighted by Gasteiger charge is 2.23. The molecule has 1 aliphatic heterocycles. The normalized spacial score (nSPS) is 18.7. The van der Waals surface area contributed by atoms with Gasteiger partial charge in [0.25, 0.3) is 0 Å². The minimum Gasteiger partial charge on any atom is -0.298 e. The predicted octanol–water partition coefficient (Wildman–Crippen LogP) is 3.12. The van der Waals surface area contributed by atoms with Gasteiger partial charge in [0.2, 0.25) is 5.28 Å². The van der Waals surface area contributed by atoms with E-state index in [2.05, 4.69) is 28.6 Å². The minimum absolute atomic E-state index is 0.388. The molecular weight excluding hydrogens is 230 g/mol. The van der Waals surface area contributed by atoms with Crippen LogP contribution in [0.25, 0.3) is 0 Å². The lowest BCUT2D eigenvalue weighted by Crippen LogP contribution is -2.18. The summed E-state index contributed by atoms with van der Waals surface area (Å²) in [5.74, 6) is 3.85. The molecule has 2 rings (SSSR count). The molecule has 1 saturated heterocycles. The predicted molar refractivity (Wildman–Crippen MR) is 64.7 cm³/mol. The van der Waals surface area contributed by atoms with Crippen LogP contribution in [0.3, 0.4) is 0 Å². The van der Waals surface area contributed by atoms with Gasteiger partial charge in [0.05, 0.1) is 0 Å². The topological polar surface area (TPSA) is 30.7 Å². The van der Waals surface area contributed by atoms with E-state index < -0.39 is 0 Å². The van der Waals surface area contributed by atoms with Crippen LogP contribution in [0, 0.1) is 0 Å². The molecule has 0 saturated carbocycles. The average molecular weight is 246 g/mol. The molecule has 1 aromatic heterocycles. The van der Waals surface area contributed by atoms with Gasteiger partial charge in [0.15, 0.2) is 0 Å². The molecule has 0 N–H and O–H groups in total. The van der Waals surface area contributed by atoms with E-state index in [1.807, 2.05) is 11.8 Å². The Morgan fingerprint density at radius 3 is 2.60 bits per heavy atom. The molecule has 5 heteroatoms. The standard InChI is InChI=1S/C10H16ClN3S/c1-7(2)9-12-13-10(11)14(9)8-3-5-15-6-4-8/h7-8H,3-6H2,1-2H3. The molecule has 0 aromatic carbocycles. The van der Waals surface area contributed by atoms with Gasteiger partial charge >= 0.3 is 0 Å². The Labute approximate surface area is 99.6 Å². The number of hydrogen-bond acceptors (Lipinski definition) is 3. The van der Waals surface area contributed by atoms with Crippen LogP contribution in [0.2, 0.25) is 5.28 Å². The number of nitrogens with zero attached hydrogens (tertiary/aromatic N) is 3. The van der Waals surface area contributed by atoms with E-state index in [9.17, 15) is 0 Å². The van der Waals surface area contributed by atoms with Gasteiger partial charge in [0, 0.05) is 12.0 Å². The Morgan fingerprint density at radius 2 is 2.00 bits per heavy atom. The maximum Gasteiger partial charge on any atom is 0.225 e. The second-order valence-electron chi connectivity index (χ2n) is 4.20. The zero-order valence-corrected chi connectivity index (χ0v) is 10.7. The van der Waals surface area contributed by atoms with Gasteiger partial charge < -0.3 is 0 Å². The summed E-state index contributed by atoms with van der Waals surface area (Å²) in [5, 5.41) is 8.70. The summed E-state index contributed by atoms with van der Waals surface area (Å²) in [6.07, 6.45) is 2.37. The van der Waals surface area contributed by atoms with Crippen molar-refractivity contribution in [1.29, 1.82) is 0 Å². The van der Waals surface area contributed by atoms with E-state index in [4.69, 9.17) is 11.6 Å². The second kappa shape index (κ2) is 4.74. The van der Waals surface area contributed by atoms with Gasteiger partial charge in [-0.05, 0) is 35.9 Å². The average Bonchev–Trinajstić information content (AvgIpc) is 2.61. The second-order valence-corrected chi connectivity index (χ2v) is 5.76. The number of thioether (sulfide) groups is 1. The highest BCUT2D eigenvalue weighted by Crippen LogP contribution is 2.31. The fourth-order valence-corrected chi connectivity index (χ4v) is 3.30. The molecule has 0 amide bonds. The summed E-state index contributed by atoms with van der Waals surface area (Å²) in [4.78, 5) is 0. The van der Waals surface area contributed by atoms with Crippen molar-refractivity contribution >= 4 is 23.4 Å². The number of aromatic nitrogens is 3. The fourth-order valence-electron chi connectivity index (χ4n) is 1.96. The van der Waals surface area contributed by atoms with Gasteiger partial charge in [-0.15, -0.1) is 10.2 Å². The Hall–Kier alpha value is -0.220. The van der Waals surface area contributed by atoms with Crippen molar-refractivity contribution in [1.82, 2.24) is 14.8 Å². The Balaban J connectivity index is 2.28. The van der Waals surface area contributed by atoms with Crippen LogP contribution in [0.15, 0.2) is 0 Å².